The van der Waals surface area contributed by atoms with Crippen molar-refractivity contribution < 1.29 is 19.1 Å². The van der Waals surface area contributed by atoms with Crippen molar-refractivity contribution in [3.63, 3.8) is 0 Å². The largest absolute Gasteiger partial charge is 0.425 e. The summed E-state index contributed by atoms with van der Waals surface area (Å²) in [4.78, 5) is 38.0. The van der Waals surface area contributed by atoms with Gasteiger partial charge in [0.25, 0.3) is 0 Å². The van der Waals surface area contributed by atoms with Gasteiger partial charge in [-0.2, -0.15) is 0 Å². The molecule has 126 valence electrons. The first kappa shape index (κ1) is 15.6. The Hall–Kier alpha value is -2.95. The van der Waals surface area contributed by atoms with E-state index in [0.717, 1.165) is 15.7 Å². The molecule has 1 aliphatic heterocycles. The fourth-order valence-electron chi connectivity index (χ4n) is 3.55. The molecule has 5 heteroatoms. The number of imide groups is 1. The summed E-state index contributed by atoms with van der Waals surface area (Å²) in [6.45, 7) is -0.336. The summed E-state index contributed by atoms with van der Waals surface area (Å²) in [5, 5.41) is 2.00. The second-order valence-corrected chi connectivity index (χ2v) is 6.40. The van der Waals surface area contributed by atoms with Crippen molar-refractivity contribution in [2.24, 2.45) is 11.8 Å². The van der Waals surface area contributed by atoms with Crippen LogP contribution in [-0.4, -0.2) is 29.2 Å². The van der Waals surface area contributed by atoms with Crippen LogP contribution in [0.1, 0.15) is 12.8 Å². The van der Waals surface area contributed by atoms with Crippen LogP contribution in [0, 0.1) is 11.8 Å². The molecule has 5 nitrogen and oxygen atoms in total. The van der Waals surface area contributed by atoms with E-state index in [2.05, 4.69) is 0 Å². The van der Waals surface area contributed by atoms with Gasteiger partial charge in [-0.15, -0.1) is 0 Å². The minimum atomic E-state index is -0.608. The first-order valence-electron chi connectivity index (χ1n) is 8.33. The minimum absolute atomic E-state index is 0.269. The second kappa shape index (κ2) is 6.16. The van der Waals surface area contributed by atoms with E-state index < -0.39 is 5.97 Å². The van der Waals surface area contributed by atoms with Gasteiger partial charge in [-0.1, -0.05) is 42.5 Å². The van der Waals surface area contributed by atoms with Crippen molar-refractivity contribution in [3.8, 4) is 5.75 Å². The first-order valence-corrected chi connectivity index (χ1v) is 8.33. The van der Waals surface area contributed by atoms with Crippen LogP contribution in [0.3, 0.4) is 0 Å². The molecule has 2 amide bonds. The monoisotopic (exact) mass is 335 g/mol. The Kier molecular flexibility index (Phi) is 3.84. The quantitative estimate of drug-likeness (QED) is 0.374. The van der Waals surface area contributed by atoms with Crippen LogP contribution in [-0.2, 0) is 14.4 Å². The lowest BCUT2D eigenvalue weighted by Crippen LogP contribution is -2.37. The van der Waals surface area contributed by atoms with Gasteiger partial charge in [0.15, 0.2) is 0 Å². The number of benzene rings is 2. The SMILES string of the molecule is O=C(CN1C(=O)C2CC=CCC2C1=O)Oc1ccc2ccccc2c1. The molecule has 4 rings (SSSR count). The standard InChI is InChI=1S/C20H17NO4/c22-18(25-15-10-9-13-5-1-2-6-14(13)11-15)12-21-19(23)16-7-3-4-8-17(16)20(21)24/h1-6,9-11,16-17H,7-8,12H2. The van der Waals surface area contributed by atoms with Gasteiger partial charge in [-0.25, -0.2) is 4.79 Å². The van der Waals surface area contributed by atoms with Gasteiger partial charge in [0.1, 0.15) is 12.3 Å². The Morgan fingerprint density at radius 1 is 0.960 bits per heavy atom. The molecular formula is C20H17NO4. The van der Waals surface area contributed by atoms with Crippen LogP contribution in [0.5, 0.6) is 5.75 Å². The fourth-order valence-corrected chi connectivity index (χ4v) is 3.55. The van der Waals surface area contributed by atoms with Crippen LogP contribution >= 0.6 is 0 Å². The maximum Gasteiger partial charge on any atom is 0.331 e. The highest BCUT2D eigenvalue weighted by atomic mass is 16.5. The summed E-state index contributed by atoms with van der Waals surface area (Å²) in [6.07, 6.45) is 4.96. The van der Waals surface area contributed by atoms with Gasteiger partial charge >= 0.3 is 5.97 Å². The van der Waals surface area contributed by atoms with Gasteiger partial charge in [0.2, 0.25) is 11.8 Å². The Morgan fingerprint density at radius 3 is 2.28 bits per heavy atom. The van der Waals surface area contributed by atoms with E-state index in [1.807, 2.05) is 42.5 Å². The van der Waals surface area contributed by atoms with E-state index in [9.17, 15) is 14.4 Å². The van der Waals surface area contributed by atoms with Crippen molar-refractivity contribution >= 4 is 28.6 Å². The number of hydrogen-bond donors (Lipinski definition) is 0. The van der Waals surface area contributed by atoms with Gasteiger partial charge in [0, 0.05) is 0 Å². The number of likely N-dealkylation sites (tertiary alicyclic amines) is 1. The highest BCUT2D eigenvalue weighted by Gasteiger charge is 2.47. The van der Waals surface area contributed by atoms with Crippen LogP contribution in [0.4, 0.5) is 0 Å². The number of allylic oxidation sites excluding steroid dienone is 2. The predicted octanol–water partition coefficient (Wildman–Crippen LogP) is 2.70. The van der Waals surface area contributed by atoms with Crippen molar-refractivity contribution in [3.05, 3.63) is 54.6 Å². The lowest BCUT2D eigenvalue weighted by molar-refractivity contribution is -0.148. The summed E-state index contributed by atoms with van der Waals surface area (Å²) in [5.41, 5.74) is 0. The van der Waals surface area contributed by atoms with Gasteiger partial charge in [-0.3, -0.25) is 14.5 Å². The molecule has 0 aromatic heterocycles. The minimum Gasteiger partial charge on any atom is -0.425 e. The summed E-state index contributed by atoms with van der Waals surface area (Å²) >= 11 is 0. The number of carbonyl (C=O) groups is 3. The van der Waals surface area contributed by atoms with Gasteiger partial charge < -0.3 is 4.74 Å². The van der Waals surface area contributed by atoms with E-state index in [1.165, 1.54) is 0 Å². The molecule has 1 heterocycles. The lowest BCUT2D eigenvalue weighted by atomic mass is 9.85. The molecule has 25 heavy (non-hydrogen) atoms. The molecule has 2 aliphatic rings. The third-order valence-electron chi connectivity index (χ3n) is 4.84. The smallest absolute Gasteiger partial charge is 0.331 e. The number of hydrogen-bond acceptors (Lipinski definition) is 4. The van der Waals surface area contributed by atoms with Gasteiger partial charge in [0.05, 0.1) is 11.8 Å². The lowest BCUT2D eigenvalue weighted by Gasteiger charge is -2.14. The number of fused-ring (bicyclic) bond motifs is 2. The van der Waals surface area contributed by atoms with E-state index in [4.69, 9.17) is 4.74 Å². The van der Waals surface area contributed by atoms with Crippen molar-refractivity contribution in [1.29, 1.82) is 0 Å². The maximum absolute atomic E-state index is 12.4. The summed E-state index contributed by atoms with van der Waals surface area (Å²) < 4.78 is 5.33. The average Bonchev–Trinajstić information content (AvgIpc) is 2.87. The highest BCUT2D eigenvalue weighted by molar-refractivity contribution is 6.07. The Balaban J connectivity index is 1.46. The van der Waals surface area contributed by atoms with E-state index in [1.54, 1.807) is 12.1 Å². The Labute approximate surface area is 144 Å². The average molecular weight is 335 g/mol. The fraction of sp³-hybridized carbons (Fsp3) is 0.250. The summed E-state index contributed by atoms with van der Waals surface area (Å²) in [6, 6.07) is 13.1. The third kappa shape index (κ3) is 2.82. The molecule has 2 aromatic carbocycles. The zero-order valence-corrected chi connectivity index (χ0v) is 13.6. The molecular weight excluding hydrogens is 318 g/mol. The van der Waals surface area contributed by atoms with E-state index in [0.29, 0.717) is 18.6 Å². The van der Waals surface area contributed by atoms with Crippen molar-refractivity contribution in [1.82, 2.24) is 4.90 Å². The Bertz CT molecular complexity index is 875. The van der Waals surface area contributed by atoms with Crippen molar-refractivity contribution in [2.45, 2.75) is 12.8 Å². The van der Waals surface area contributed by atoms with E-state index >= 15 is 0 Å². The zero-order chi connectivity index (χ0) is 17.4. The van der Waals surface area contributed by atoms with Crippen LogP contribution in [0.15, 0.2) is 54.6 Å². The molecule has 1 saturated heterocycles. The number of rotatable bonds is 3. The number of esters is 1. The number of ether oxygens (including phenoxy) is 1. The molecule has 0 bridgehead atoms. The maximum atomic E-state index is 12.4. The topological polar surface area (TPSA) is 63.7 Å². The summed E-state index contributed by atoms with van der Waals surface area (Å²) in [5.74, 6) is -1.40. The number of amides is 2. The molecule has 2 aromatic rings. The van der Waals surface area contributed by atoms with Gasteiger partial charge in [-0.05, 0) is 35.7 Å². The predicted molar refractivity (Wildman–Crippen MR) is 91.7 cm³/mol. The molecule has 0 saturated carbocycles. The van der Waals surface area contributed by atoms with E-state index in [-0.39, 0.29) is 30.2 Å². The molecule has 1 fully saturated rings. The first-order chi connectivity index (χ1) is 12.1. The van der Waals surface area contributed by atoms with Crippen LogP contribution in [0.2, 0.25) is 0 Å². The van der Waals surface area contributed by atoms with Crippen LogP contribution < -0.4 is 4.74 Å². The zero-order valence-electron chi connectivity index (χ0n) is 13.6. The molecule has 0 spiro atoms. The summed E-state index contributed by atoms with van der Waals surface area (Å²) in [7, 11) is 0. The van der Waals surface area contributed by atoms with Crippen molar-refractivity contribution in [2.75, 3.05) is 6.54 Å². The molecule has 0 N–H and O–H groups in total. The molecule has 2 unspecified atom stereocenters. The number of nitrogens with zero attached hydrogens (tertiary/aromatic N) is 1. The highest BCUT2D eigenvalue weighted by Crippen LogP contribution is 2.34. The Morgan fingerprint density at radius 2 is 1.60 bits per heavy atom. The third-order valence-corrected chi connectivity index (χ3v) is 4.84. The van der Waals surface area contributed by atoms with Crippen LogP contribution in [0.25, 0.3) is 10.8 Å². The second-order valence-electron chi connectivity index (χ2n) is 6.40. The molecule has 0 radical (unpaired) electrons. The normalized spacial score (nSPS) is 22.3. The number of carbonyl (C=O) groups excluding carboxylic acids is 3. The molecule has 1 aliphatic carbocycles. The molecule has 2 atom stereocenters.